The molecule has 148 valence electrons. The zero-order chi connectivity index (χ0) is 20.1. The molecule has 2 aromatic carbocycles. The van der Waals surface area contributed by atoms with Crippen molar-refractivity contribution in [3.8, 4) is 5.69 Å². The number of halogens is 3. The third-order valence-corrected chi connectivity index (χ3v) is 6.70. The zero-order valence-corrected chi connectivity index (χ0v) is 17.7. The first-order valence-electron chi connectivity index (χ1n) is 9.62. The molecular formula is C22H18Cl3N3O. The van der Waals surface area contributed by atoms with E-state index in [0.717, 1.165) is 41.8 Å². The summed E-state index contributed by atoms with van der Waals surface area (Å²) in [5.41, 5.74) is 4.47. The number of fused-ring (bicyclic) bond motifs is 5. The maximum Gasteiger partial charge on any atom is 0.272 e. The Balaban J connectivity index is 1.50. The van der Waals surface area contributed by atoms with Crippen LogP contribution >= 0.6 is 34.8 Å². The molecule has 2 bridgehead atoms. The Hall–Kier alpha value is -2.01. The van der Waals surface area contributed by atoms with Gasteiger partial charge in [0.2, 0.25) is 0 Å². The number of carbonyl (C=O) groups excluding carboxylic acids is 1. The van der Waals surface area contributed by atoms with Crippen molar-refractivity contribution >= 4 is 40.7 Å². The van der Waals surface area contributed by atoms with Gasteiger partial charge in [0.1, 0.15) is 0 Å². The fourth-order valence-electron chi connectivity index (χ4n) is 4.60. The molecule has 1 N–H and O–H groups in total. The molecule has 0 spiro atoms. The molecule has 4 nitrogen and oxygen atoms in total. The van der Waals surface area contributed by atoms with Gasteiger partial charge in [0.25, 0.3) is 5.91 Å². The summed E-state index contributed by atoms with van der Waals surface area (Å²) < 4.78 is 1.86. The van der Waals surface area contributed by atoms with Gasteiger partial charge in [-0.15, -0.1) is 0 Å². The smallest absolute Gasteiger partial charge is 0.272 e. The van der Waals surface area contributed by atoms with Crippen molar-refractivity contribution in [2.24, 2.45) is 0 Å². The molecule has 0 aliphatic heterocycles. The van der Waals surface area contributed by atoms with E-state index in [9.17, 15) is 4.79 Å². The van der Waals surface area contributed by atoms with Crippen molar-refractivity contribution in [1.29, 1.82) is 0 Å². The predicted molar refractivity (Wildman–Crippen MR) is 116 cm³/mol. The Morgan fingerprint density at radius 3 is 2.52 bits per heavy atom. The number of hydrogen-bond donors (Lipinski definition) is 1. The molecule has 5 rings (SSSR count). The van der Waals surface area contributed by atoms with E-state index in [4.69, 9.17) is 39.9 Å². The summed E-state index contributed by atoms with van der Waals surface area (Å²) >= 11 is 18.5. The fourth-order valence-corrected chi connectivity index (χ4v) is 5.22. The molecule has 7 heteroatoms. The maximum absolute atomic E-state index is 13.0. The van der Waals surface area contributed by atoms with Gasteiger partial charge in [0, 0.05) is 28.1 Å². The first-order valence-corrected chi connectivity index (χ1v) is 10.8. The predicted octanol–water partition coefficient (Wildman–Crippen LogP) is 6.13. The molecule has 1 heterocycles. The highest BCUT2D eigenvalue weighted by molar-refractivity contribution is 6.35. The van der Waals surface area contributed by atoms with Gasteiger partial charge in [-0.1, -0.05) is 46.9 Å². The van der Waals surface area contributed by atoms with E-state index in [1.165, 1.54) is 0 Å². The molecule has 1 aromatic heterocycles. The van der Waals surface area contributed by atoms with Crippen LogP contribution in [0, 0.1) is 0 Å². The summed E-state index contributed by atoms with van der Waals surface area (Å²) in [6.45, 7) is 0.424. The Morgan fingerprint density at radius 2 is 1.76 bits per heavy atom. The molecule has 2 aliphatic rings. The highest BCUT2D eigenvalue weighted by atomic mass is 35.5. The van der Waals surface area contributed by atoms with Crippen LogP contribution in [0.3, 0.4) is 0 Å². The highest BCUT2D eigenvalue weighted by Gasteiger charge is 2.44. The van der Waals surface area contributed by atoms with Gasteiger partial charge in [-0.2, -0.15) is 5.10 Å². The lowest BCUT2D eigenvalue weighted by molar-refractivity contribution is 0.0944. The summed E-state index contributed by atoms with van der Waals surface area (Å²) in [7, 11) is 0. The minimum Gasteiger partial charge on any atom is -0.347 e. The number of benzene rings is 2. The molecular weight excluding hydrogens is 429 g/mol. The average Bonchev–Trinajstić information content (AvgIpc) is 3.40. The lowest BCUT2D eigenvalue weighted by atomic mass is 9.95. The molecule has 2 aliphatic carbocycles. The van der Waals surface area contributed by atoms with Crippen LogP contribution in [0.2, 0.25) is 15.1 Å². The highest BCUT2D eigenvalue weighted by Crippen LogP contribution is 2.54. The lowest BCUT2D eigenvalue weighted by Crippen LogP contribution is -2.24. The van der Waals surface area contributed by atoms with Gasteiger partial charge in [-0.25, -0.2) is 4.68 Å². The summed E-state index contributed by atoms with van der Waals surface area (Å²) in [5, 5.41) is 9.49. The van der Waals surface area contributed by atoms with E-state index in [1.54, 1.807) is 12.1 Å². The van der Waals surface area contributed by atoms with Crippen LogP contribution in [0.25, 0.3) is 5.69 Å². The van der Waals surface area contributed by atoms with Crippen molar-refractivity contribution in [3.05, 3.63) is 80.0 Å². The van der Waals surface area contributed by atoms with Crippen molar-refractivity contribution < 1.29 is 4.79 Å². The molecule has 0 unspecified atom stereocenters. The largest absolute Gasteiger partial charge is 0.347 e. The second kappa shape index (κ2) is 7.35. The monoisotopic (exact) mass is 445 g/mol. The van der Waals surface area contributed by atoms with Crippen molar-refractivity contribution in [3.63, 3.8) is 0 Å². The standard InChI is InChI=1S/C22H18Cl3N3O/c23-15-5-1-12(2-6-15)11-26-22(29)20-19-13-3-4-14(9-13)21(19)28(27-20)18-8-7-16(24)10-17(18)25/h1-2,5-8,10,13-14H,3-4,9,11H2,(H,26,29)/t13-,14-/m0/s1. The summed E-state index contributed by atoms with van der Waals surface area (Å²) in [4.78, 5) is 13.0. The normalized spacial score (nSPS) is 19.4. The number of nitrogens with one attached hydrogen (secondary N) is 1. The van der Waals surface area contributed by atoms with Gasteiger partial charge in [0.05, 0.1) is 16.4 Å². The molecule has 1 amide bonds. The zero-order valence-electron chi connectivity index (χ0n) is 15.5. The quantitative estimate of drug-likeness (QED) is 0.524. The first kappa shape index (κ1) is 19.0. The minimum atomic E-state index is -0.160. The minimum absolute atomic E-state index is 0.160. The average molecular weight is 447 g/mol. The first-order chi connectivity index (χ1) is 14.0. The van der Waals surface area contributed by atoms with Crippen LogP contribution < -0.4 is 5.32 Å². The third-order valence-electron chi connectivity index (χ3n) is 5.91. The number of amides is 1. The van der Waals surface area contributed by atoms with Crippen LogP contribution in [-0.4, -0.2) is 15.7 Å². The Bertz CT molecular complexity index is 1110. The van der Waals surface area contributed by atoms with E-state index in [-0.39, 0.29) is 5.91 Å². The summed E-state index contributed by atoms with van der Waals surface area (Å²) in [6, 6.07) is 12.8. The van der Waals surface area contributed by atoms with E-state index < -0.39 is 0 Å². The molecule has 1 fully saturated rings. The Morgan fingerprint density at radius 1 is 1.03 bits per heavy atom. The van der Waals surface area contributed by atoms with Gasteiger partial charge in [-0.05, 0) is 61.1 Å². The second-order valence-corrected chi connectivity index (χ2v) is 8.95. The number of rotatable bonds is 4. The fraction of sp³-hybridized carbons (Fsp3) is 0.273. The number of hydrogen-bond acceptors (Lipinski definition) is 2. The lowest BCUT2D eigenvalue weighted by Gasteiger charge is -2.14. The van der Waals surface area contributed by atoms with Crippen molar-refractivity contribution in [1.82, 2.24) is 15.1 Å². The third kappa shape index (κ3) is 3.33. The summed E-state index contributed by atoms with van der Waals surface area (Å²) in [6.07, 6.45) is 3.31. The van der Waals surface area contributed by atoms with Crippen molar-refractivity contribution in [2.45, 2.75) is 37.6 Å². The maximum atomic E-state index is 13.0. The van der Waals surface area contributed by atoms with Crippen LogP contribution in [0.5, 0.6) is 0 Å². The number of aromatic nitrogens is 2. The van der Waals surface area contributed by atoms with Crippen LogP contribution in [0.4, 0.5) is 0 Å². The van der Waals surface area contributed by atoms with E-state index in [2.05, 4.69) is 5.32 Å². The van der Waals surface area contributed by atoms with Gasteiger partial charge >= 0.3 is 0 Å². The van der Waals surface area contributed by atoms with E-state index in [1.807, 2.05) is 35.0 Å². The van der Waals surface area contributed by atoms with E-state index >= 15 is 0 Å². The van der Waals surface area contributed by atoms with Crippen LogP contribution in [-0.2, 0) is 6.54 Å². The van der Waals surface area contributed by atoms with Gasteiger partial charge < -0.3 is 5.32 Å². The van der Waals surface area contributed by atoms with Gasteiger partial charge in [-0.3, -0.25) is 4.79 Å². The number of carbonyl (C=O) groups is 1. The molecule has 0 saturated heterocycles. The topological polar surface area (TPSA) is 46.9 Å². The SMILES string of the molecule is O=C(NCc1ccc(Cl)cc1)c1nn(-c2ccc(Cl)cc2Cl)c2c1[C@H]1CC[C@H]2C1. The molecule has 1 saturated carbocycles. The number of nitrogens with zero attached hydrogens (tertiary/aromatic N) is 2. The van der Waals surface area contributed by atoms with E-state index in [0.29, 0.717) is 39.1 Å². The van der Waals surface area contributed by atoms with Crippen LogP contribution in [0.15, 0.2) is 42.5 Å². The molecule has 3 aromatic rings. The summed E-state index contributed by atoms with van der Waals surface area (Å²) in [5.74, 6) is 0.658. The van der Waals surface area contributed by atoms with Gasteiger partial charge in [0.15, 0.2) is 5.69 Å². The Kier molecular flexibility index (Phi) is 4.81. The molecule has 29 heavy (non-hydrogen) atoms. The van der Waals surface area contributed by atoms with Crippen molar-refractivity contribution in [2.75, 3.05) is 0 Å². The Labute approximate surface area is 183 Å². The molecule has 0 radical (unpaired) electrons. The molecule has 2 atom stereocenters. The second-order valence-electron chi connectivity index (χ2n) is 7.67. The van der Waals surface area contributed by atoms with Crippen LogP contribution in [0.1, 0.15) is 58.4 Å².